The molecule has 0 fully saturated rings. The van der Waals surface area contributed by atoms with E-state index >= 15 is 0 Å². The Morgan fingerprint density at radius 1 is 1.29 bits per heavy atom. The number of hydrogen-bond donors (Lipinski definition) is 1. The molecule has 0 aliphatic carbocycles. The van der Waals surface area contributed by atoms with Crippen LogP contribution in [0.3, 0.4) is 0 Å². The highest BCUT2D eigenvalue weighted by atomic mass is 35.5. The lowest BCUT2D eigenvalue weighted by Gasteiger charge is -2.25. The predicted molar refractivity (Wildman–Crippen MR) is 74.0 cm³/mol. The van der Waals surface area contributed by atoms with Crippen molar-refractivity contribution in [2.24, 2.45) is 0 Å². The number of benzene rings is 1. The number of halogens is 2. The molecule has 4 heteroatoms. The summed E-state index contributed by atoms with van der Waals surface area (Å²) in [6.45, 7) is 5.12. The van der Waals surface area contributed by atoms with Crippen molar-refractivity contribution in [3.05, 3.63) is 33.8 Å². The van der Waals surface area contributed by atoms with E-state index in [-0.39, 0.29) is 12.1 Å². The molecule has 0 aromatic heterocycles. The minimum atomic E-state index is 0.0822. The van der Waals surface area contributed by atoms with Gasteiger partial charge in [-0.3, -0.25) is 0 Å². The Kier molecular flexibility index (Phi) is 6.28. The molecule has 0 amide bonds. The molecule has 1 aromatic carbocycles. The number of rotatable bonds is 6. The molecule has 0 saturated carbocycles. The molecule has 96 valence electrons. The van der Waals surface area contributed by atoms with Gasteiger partial charge in [0.1, 0.15) is 0 Å². The molecule has 17 heavy (non-hydrogen) atoms. The second-order valence-electron chi connectivity index (χ2n) is 4.05. The quantitative estimate of drug-likeness (QED) is 0.845. The molecule has 2 unspecified atom stereocenters. The van der Waals surface area contributed by atoms with Gasteiger partial charge in [0.2, 0.25) is 0 Å². The Hall–Kier alpha value is -0.280. The Labute approximate surface area is 113 Å². The van der Waals surface area contributed by atoms with Gasteiger partial charge < -0.3 is 10.1 Å². The average molecular weight is 276 g/mol. The fourth-order valence-electron chi connectivity index (χ4n) is 1.70. The summed E-state index contributed by atoms with van der Waals surface area (Å²) in [5.41, 5.74) is 1.10. The fourth-order valence-corrected chi connectivity index (χ4v) is 2.00. The van der Waals surface area contributed by atoms with Gasteiger partial charge in [0, 0.05) is 7.11 Å². The van der Waals surface area contributed by atoms with Gasteiger partial charge in [-0.2, -0.15) is 0 Å². The molecule has 1 rings (SSSR count). The summed E-state index contributed by atoms with van der Waals surface area (Å²) < 4.78 is 5.40. The van der Waals surface area contributed by atoms with Crippen molar-refractivity contribution in [2.45, 2.75) is 32.4 Å². The summed E-state index contributed by atoms with van der Waals surface area (Å²) in [6.07, 6.45) is 1.16. The summed E-state index contributed by atoms with van der Waals surface area (Å²) in [6, 6.07) is 5.83. The van der Waals surface area contributed by atoms with Crippen LogP contribution in [0.25, 0.3) is 0 Å². The van der Waals surface area contributed by atoms with Gasteiger partial charge in [0.25, 0.3) is 0 Å². The lowest BCUT2D eigenvalue weighted by molar-refractivity contribution is 0.0830. The molecule has 0 radical (unpaired) electrons. The number of ether oxygens (including phenoxy) is 1. The molecule has 2 nitrogen and oxygen atoms in total. The van der Waals surface area contributed by atoms with Gasteiger partial charge in [-0.25, -0.2) is 0 Å². The van der Waals surface area contributed by atoms with E-state index in [0.717, 1.165) is 18.5 Å². The molecule has 1 N–H and O–H groups in total. The SMILES string of the molecule is CCCNC(c1ccc(Cl)c(Cl)c1)C(C)OC. The van der Waals surface area contributed by atoms with Crippen LogP contribution in [0.5, 0.6) is 0 Å². The van der Waals surface area contributed by atoms with Gasteiger partial charge in [0.05, 0.1) is 22.2 Å². The topological polar surface area (TPSA) is 21.3 Å². The molecule has 2 atom stereocenters. The van der Waals surface area contributed by atoms with Crippen LogP contribution in [0.15, 0.2) is 18.2 Å². The molecule has 0 spiro atoms. The third-order valence-corrected chi connectivity index (χ3v) is 3.50. The molecule has 0 bridgehead atoms. The second-order valence-corrected chi connectivity index (χ2v) is 4.86. The Bertz CT molecular complexity index is 357. The summed E-state index contributed by atoms with van der Waals surface area (Å²) in [5, 5.41) is 4.61. The van der Waals surface area contributed by atoms with E-state index in [1.165, 1.54) is 0 Å². The van der Waals surface area contributed by atoms with Crippen LogP contribution in [0, 0.1) is 0 Å². The Balaban J connectivity index is 2.91. The smallest absolute Gasteiger partial charge is 0.0737 e. The zero-order chi connectivity index (χ0) is 12.8. The van der Waals surface area contributed by atoms with Crippen LogP contribution in [0.4, 0.5) is 0 Å². The minimum absolute atomic E-state index is 0.0822. The number of hydrogen-bond acceptors (Lipinski definition) is 2. The Morgan fingerprint density at radius 2 is 2.00 bits per heavy atom. The van der Waals surface area contributed by atoms with Crippen molar-refractivity contribution < 1.29 is 4.74 Å². The monoisotopic (exact) mass is 275 g/mol. The summed E-state index contributed by atoms with van der Waals surface area (Å²) in [4.78, 5) is 0. The summed E-state index contributed by atoms with van der Waals surface area (Å²) in [7, 11) is 1.71. The van der Waals surface area contributed by atoms with Crippen LogP contribution >= 0.6 is 23.2 Å². The van der Waals surface area contributed by atoms with Gasteiger partial charge in [-0.15, -0.1) is 0 Å². The second kappa shape index (κ2) is 7.22. The Morgan fingerprint density at radius 3 is 2.53 bits per heavy atom. The largest absolute Gasteiger partial charge is 0.380 e. The van der Waals surface area contributed by atoms with E-state index in [1.807, 2.05) is 25.1 Å². The fraction of sp³-hybridized carbons (Fsp3) is 0.538. The predicted octanol–water partition coefficient (Wildman–Crippen LogP) is 4.07. The third kappa shape index (κ3) is 4.14. The van der Waals surface area contributed by atoms with Crippen LogP contribution in [-0.4, -0.2) is 19.8 Å². The van der Waals surface area contributed by atoms with Crippen molar-refractivity contribution in [1.29, 1.82) is 0 Å². The maximum absolute atomic E-state index is 6.04. The molecule has 0 saturated heterocycles. The number of nitrogens with one attached hydrogen (secondary N) is 1. The average Bonchev–Trinajstić information content (AvgIpc) is 2.33. The van der Waals surface area contributed by atoms with Crippen LogP contribution in [0.2, 0.25) is 10.0 Å². The first-order chi connectivity index (χ1) is 8.10. The normalized spacial score (nSPS) is 14.6. The highest BCUT2D eigenvalue weighted by Gasteiger charge is 2.18. The summed E-state index contributed by atoms with van der Waals surface area (Å²) in [5.74, 6) is 0. The maximum atomic E-state index is 6.04. The lowest BCUT2D eigenvalue weighted by Crippen LogP contribution is -2.32. The molecule has 0 aliphatic heterocycles. The van der Waals surface area contributed by atoms with E-state index < -0.39 is 0 Å². The van der Waals surface area contributed by atoms with Crippen molar-refractivity contribution >= 4 is 23.2 Å². The zero-order valence-electron chi connectivity index (χ0n) is 10.5. The first kappa shape index (κ1) is 14.8. The standard InChI is InChI=1S/C13H19Cl2NO/c1-4-7-16-13(9(2)17-3)10-5-6-11(14)12(15)8-10/h5-6,8-9,13,16H,4,7H2,1-3H3. The van der Waals surface area contributed by atoms with Gasteiger partial charge in [-0.1, -0.05) is 36.2 Å². The summed E-state index contributed by atoms with van der Waals surface area (Å²) >= 11 is 12.0. The van der Waals surface area contributed by atoms with Crippen molar-refractivity contribution in [1.82, 2.24) is 5.32 Å². The lowest BCUT2D eigenvalue weighted by atomic mass is 10.0. The van der Waals surface area contributed by atoms with E-state index in [2.05, 4.69) is 12.2 Å². The maximum Gasteiger partial charge on any atom is 0.0737 e. The molecular weight excluding hydrogens is 257 g/mol. The molecule has 0 heterocycles. The van der Waals surface area contributed by atoms with Crippen molar-refractivity contribution in [2.75, 3.05) is 13.7 Å². The van der Waals surface area contributed by atoms with Gasteiger partial charge >= 0.3 is 0 Å². The first-order valence-corrected chi connectivity index (χ1v) is 6.56. The van der Waals surface area contributed by atoms with E-state index in [4.69, 9.17) is 27.9 Å². The molecule has 0 aliphatic rings. The van der Waals surface area contributed by atoms with E-state index in [0.29, 0.717) is 10.0 Å². The minimum Gasteiger partial charge on any atom is -0.380 e. The van der Waals surface area contributed by atoms with Crippen molar-refractivity contribution in [3.8, 4) is 0 Å². The zero-order valence-corrected chi connectivity index (χ0v) is 12.0. The van der Waals surface area contributed by atoms with Crippen LogP contribution < -0.4 is 5.32 Å². The third-order valence-electron chi connectivity index (χ3n) is 2.76. The highest BCUT2D eigenvalue weighted by Crippen LogP contribution is 2.27. The number of methoxy groups -OCH3 is 1. The molecule has 1 aromatic rings. The van der Waals surface area contributed by atoms with Crippen LogP contribution in [-0.2, 0) is 4.74 Å². The van der Waals surface area contributed by atoms with E-state index in [1.54, 1.807) is 7.11 Å². The van der Waals surface area contributed by atoms with E-state index in [9.17, 15) is 0 Å². The van der Waals surface area contributed by atoms with Crippen molar-refractivity contribution in [3.63, 3.8) is 0 Å². The first-order valence-electron chi connectivity index (χ1n) is 5.81. The van der Waals surface area contributed by atoms with Gasteiger partial charge in [0.15, 0.2) is 0 Å². The van der Waals surface area contributed by atoms with Gasteiger partial charge in [-0.05, 0) is 37.6 Å². The molecular formula is C13H19Cl2NO. The van der Waals surface area contributed by atoms with Crippen LogP contribution in [0.1, 0.15) is 31.9 Å². The highest BCUT2D eigenvalue weighted by molar-refractivity contribution is 6.42.